The standard InChI is InChI=1S/C4HCl2FN2OS/c5-4(6,7)9-2(10)1-8-3(9)11/h1H. The van der Waals surface area contributed by atoms with Gasteiger partial charge in [0.25, 0.3) is 5.91 Å². The Hall–Kier alpha value is -0.260. The van der Waals surface area contributed by atoms with Crippen molar-refractivity contribution in [3.63, 3.8) is 0 Å². The molecule has 0 radical (unpaired) electrons. The SMILES string of the molecule is O=C1C=NC(=S)N1C(F)(Cl)Cl. The van der Waals surface area contributed by atoms with Gasteiger partial charge in [-0.25, -0.2) is 9.89 Å². The molecule has 0 aromatic heterocycles. The molecule has 60 valence electrons. The molecule has 0 N–H and O–H groups in total. The van der Waals surface area contributed by atoms with Crippen LogP contribution >= 0.6 is 35.4 Å². The number of rotatable bonds is 1. The Morgan fingerprint density at radius 1 is 1.73 bits per heavy atom. The summed E-state index contributed by atoms with van der Waals surface area (Å²) in [5, 5.41) is -0.275. The first-order valence-electron chi connectivity index (χ1n) is 2.42. The predicted octanol–water partition coefficient (Wildman–Crippen LogP) is 1.24. The van der Waals surface area contributed by atoms with Crippen LogP contribution in [0.3, 0.4) is 0 Å². The van der Waals surface area contributed by atoms with Crippen LogP contribution in [0.5, 0.6) is 0 Å². The molecule has 0 aliphatic carbocycles. The van der Waals surface area contributed by atoms with E-state index in [1.165, 1.54) is 0 Å². The van der Waals surface area contributed by atoms with Crippen molar-refractivity contribution in [3.05, 3.63) is 0 Å². The minimum absolute atomic E-state index is 0.275. The number of halogens is 3. The van der Waals surface area contributed by atoms with Crippen molar-refractivity contribution in [1.82, 2.24) is 4.90 Å². The lowest BCUT2D eigenvalue weighted by atomic mass is 10.6. The van der Waals surface area contributed by atoms with Crippen molar-refractivity contribution in [2.75, 3.05) is 0 Å². The third-order valence-electron chi connectivity index (χ3n) is 0.951. The summed E-state index contributed by atoms with van der Waals surface area (Å²) in [5.41, 5.74) is 0. The topological polar surface area (TPSA) is 32.7 Å². The van der Waals surface area contributed by atoms with Gasteiger partial charge >= 0.3 is 4.71 Å². The minimum atomic E-state index is -2.81. The van der Waals surface area contributed by atoms with Gasteiger partial charge in [0.15, 0.2) is 0 Å². The third kappa shape index (κ3) is 1.66. The van der Waals surface area contributed by atoms with Gasteiger partial charge in [-0.05, 0) is 35.4 Å². The van der Waals surface area contributed by atoms with E-state index in [-0.39, 0.29) is 5.11 Å². The van der Waals surface area contributed by atoms with E-state index in [2.05, 4.69) is 17.2 Å². The Morgan fingerprint density at radius 2 is 2.27 bits per heavy atom. The van der Waals surface area contributed by atoms with Crippen LogP contribution in [-0.2, 0) is 4.79 Å². The molecule has 0 unspecified atom stereocenters. The summed E-state index contributed by atoms with van der Waals surface area (Å²) in [6, 6.07) is 0. The number of nitrogens with zero attached hydrogens (tertiary/aromatic N) is 2. The Morgan fingerprint density at radius 3 is 2.45 bits per heavy atom. The van der Waals surface area contributed by atoms with E-state index in [1.807, 2.05) is 0 Å². The second-order valence-corrected chi connectivity index (χ2v) is 3.24. The van der Waals surface area contributed by atoms with Crippen LogP contribution in [0, 0.1) is 0 Å². The van der Waals surface area contributed by atoms with E-state index >= 15 is 0 Å². The third-order valence-corrected chi connectivity index (χ3v) is 1.58. The van der Waals surface area contributed by atoms with Crippen LogP contribution in [0.4, 0.5) is 4.39 Å². The summed E-state index contributed by atoms with van der Waals surface area (Å²) in [6.07, 6.45) is 0.849. The summed E-state index contributed by atoms with van der Waals surface area (Å²) >= 11 is 14.4. The average molecular weight is 215 g/mol. The van der Waals surface area contributed by atoms with Crippen LogP contribution in [0.15, 0.2) is 4.99 Å². The molecule has 0 fully saturated rings. The largest absolute Gasteiger partial charge is 0.345 e. The Bertz CT molecular complexity index is 231. The molecule has 7 heteroatoms. The smallest absolute Gasteiger partial charge is 0.267 e. The molecule has 0 aromatic rings. The van der Waals surface area contributed by atoms with E-state index in [9.17, 15) is 9.18 Å². The quantitative estimate of drug-likeness (QED) is 0.374. The molecular formula is C4HCl2FN2OS. The highest BCUT2D eigenvalue weighted by Gasteiger charge is 2.40. The second kappa shape index (κ2) is 2.66. The predicted molar refractivity (Wildman–Crippen MR) is 43.5 cm³/mol. The Kier molecular flexibility index (Phi) is 2.13. The molecule has 0 saturated heterocycles. The molecule has 0 saturated carbocycles. The van der Waals surface area contributed by atoms with Gasteiger partial charge in [0.05, 0.1) is 6.21 Å². The van der Waals surface area contributed by atoms with Gasteiger partial charge in [-0.2, -0.15) is 4.39 Å². The van der Waals surface area contributed by atoms with Gasteiger partial charge in [-0.1, -0.05) is 0 Å². The first-order chi connectivity index (χ1) is 4.93. The van der Waals surface area contributed by atoms with Gasteiger partial charge in [0, 0.05) is 0 Å². The van der Waals surface area contributed by atoms with Gasteiger partial charge in [0.2, 0.25) is 5.11 Å². The van der Waals surface area contributed by atoms with E-state index in [4.69, 9.17) is 23.2 Å². The van der Waals surface area contributed by atoms with E-state index < -0.39 is 10.6 Å². The molecule has 1 aliphatic rings. The average Bonchev–Trinajstić information content (AvgIpc) is 2.08. The fraction of sp³-hybridized carbons (Fsp3) is 0.250. The molecule has 0 aromatic carbocycles. The first kappa shape index (κ1) is 8.83. The van der Waals surface area contributed by atoms with Crippen molar-refractivity contribution in [3.8, 4) is 0 Å². The highest BCUT2D eigenvalue weighted by molar-refractivity contribution is 7.80. The Balaban J connectivity index is 2.91. The maximum absolute atomic E-state index is 12.7. The lowest BCUT2D eigenvalue weighted by Gasteiger charge is -2.20. The van der Waals surface area contributed by atoms with E-state index in [0.717, 1.165) is 6.21 Å². The van der Waals surface area contributed by atoms with Crippen molar-refractivity contribution < 1.29 is 9.18 Å². The lowest BCUT2D eigenvalue weighted by Crippen LogP contribution is -2.40. The van der Waals surface area contributed by atoms with E-state index in [0.29, 0.717) is 4.90 Å². The number of alkyl halides is 3. The van der Waals surface area contributed by atoms with Crippen LogP contribution in [-0.4, -0.2) is 26.8 Å². The monoisotopic (exact) mass is 214 g/mol. The number of hydrogen-bond acceptors (Lipinski definition) is 2. The summed E-state index contributed by atoms with van der Waals surface area (Å²) in [4.78, 5) is 14.4. The van der Waals surface area contributed by atoms with Crippen molar-refractivity contribution in [2.45, 2.75) is 4.71 Å². The molecule has 1 aliphatic heterocycles. The fourth-order valence-electron chi connectivity index (χ4n) is 0.554. The maximum atomic E-state index is 12.7. The molecule has 0 bridgehead atoms. The number of amides is 1. The highest BCUT2D eigenvalue weighted by atomic mass is 35.5. The molecule has 1 rings (SSSR count). The maximum Gasteiger partial charge on any atom is 0.345 e. The summed E-state index contributed by atoms with van der Waals surface area (Å²) < 4.78 is 9.85. The molecule has 0 spiro atoms. The van der Waals surface area contributed by atoms with Gasteiger partial charge < -0.3 is 0 Å². The van der Waals surface area contributed by atoms with Crippen molar-refractivity contribution >= 4 is 52.7 Å². The number of thiocarbonyl (C=S) groups is 1. The molecule has 11 heavy (non-hydrogen) atoms. The lowest BCUT2D eigenvalue weighted by molar-refractivity contribution is -0.122. The summed E-state index contributed by atoms with van der Waals surface area (Å²) in [5.74, 6) is -0.762. The van der Waals surface area contributed by atoms with Gasteiger partial charge in [0.1, 0.15) is 0 Å². The zero-order chi connectivity index (χ0) is 8.65. The first-order valence-corrected chi connectivity index (χ1v) is 3.58. The molecule has 1 amide bonds. The zero-order valence-electron chi connectivity index (χ0n) is 4.92. The highest BCUT2D eigenvalue weighted by Crippen LogP contribution is 2.29. The number of hydrogen-bond donors (Lipinski definition) is 0. The summed E-state index contributed by atoms with van der Waals surface area (Å²) in [7, 11) is 0. The summed E-state index contributed by atoms with van der Waals surface area (Å²) in [6.45, 7) is 0. The fourth-order valence-corrected chi connectivity index (χ4v) is 1.25. The number of aliphatic imine (C=N–C) groups is 1. The minimum Gasteiger partial charge on any atom is -0.267 e. The molecule has 3 nitrogen and oxygen atoms in total. The van der Waals surface area contributed by atoms with Gasteiger partial charge in [-0.3, -0.25) is 4.79 Å². The second-order valence-electron chi connectivity index (χ2n) is 1.68. The number of carbonyl (C=O) groups excluding carboxylic acids is 1. The van der Waals surface area contributed by atoms with Crippen LogP contribution in [0.25, 0.3) is 0 Å². The van der Waals surface area contributed by atoms with Gasteiger partial charge in [-0.15, -0.1) is 0 Å². The zero-order valence-corrected chi connectivity index (χ0v) is 7.25. The molecular weight excluding hydrogens is 214 g/mol. The van der Waals surface area contributed by atoms with Crippen LogP contribution in [0.2, 0.25) is 0 Å². The van der Waals surface area contributed by atoms with Crippen LogP contribution < -0.4 is 0 Å². The van der Waals surface area contributed by atoms with Crippen LogP contribution in [0.1, 0.15) is 0 Å². The number of carbonyl (C=O) groups is 1. The normalized spacial score (nSPS) is 18.3. The van der Waals surface area contributed by atoms with E-state index in [1.54, 1.807) is 0 Å². The Labute approximate surface area is 76.8 Å². The van der Waals surface area contributed by atoms with Crippen molar-refractivity contribution in [1.29, 1.82) is 0 Å². The molecule has 0 atom stereocenters. The van der Waals surface area contributed by atoms with Crippen molar-refractivity contribution in [2.24, 2.45) is 4.99 Å². The molecule has 1 heterocycles.